The van der Waals surface area contributed by atoms with Crippen LogP contribution in [0.25, 0.3) is 16.9 Å². The molecule has 0 atom stereocenters. The normalized spacial score (nSPS) is 18.9. The quantitative estimate of drug-likeness (QED) is 0.677. The Morgan fingerprint density at radius 1 is 1.03 bits per heavy atom. The fourth-order valence-corrected chi connectivity index (χ4v) is 5.21. The summed E-state index contributed by atoms with van der Waals surface area (Å²) in [6.07, 6.45) is 4.76. The molecule has 30 heavy (non-hydrogen) atoms. The molecule has 1 amide bonds. The minimum atomic E-state index is -2.89. The number of rotatable bonds is 5. The van der Waals surface area contributed by atoms with Crippen LogP contribution in [-0.2, 0) is 14.6 Å². The number of amides is 1. The largest absolute Gasteiger partial charge is 0.490 e. The van der Waals surface area contributed by atoms with Crippen LogP contribution in [0.5, 0.6) is 5.75 Å². The number of nitrogens with one attached hydrogen (secondary N) is 1. The predicted octanol–water partition coefficient (Wildman–Crippen LogP) is 3.31. The van der Waals surface area contributed by atoms with Crippen LogP contribution in [0, 0.1) is 5.92 Å². The van der Waals surface area contributed by atoms with Gasteiger partial charge in [-0.3, -0.25) is 9.20 Å². The molecule has 156 valence electrons. The van der Waals surface area contributed by atoms with Gasteiger partial charge in [0, 0.05) is 5.92 Å². The van der Waals surface area contributed by atoms with Gasteiger partial charge in [0.05, 0.1) is 23.4 Å². The van der Waals surface area contributed by atoms with E-state index >= 15 is 0 Å². The zero-order valence-corrected chi connectivity index (χ0v) is 17.3. The highest BCUT2D eigenvalue weighted by atomic mass is 32.2. The maximum Gasteiger partial charge on any atom is 0.228 e. The summed E-state index contributed by atoms with van der Waals surface area (Å²) in [5.41, 5.74) is 2.72. The van der Waals surface area contributed by atoms with E-state index in [4.69, 9.17) is 4.74 Å². The lowest BCUT2D eigenvalue weighted by Gasteiger charge is -2.23. The molecule has 3 heterocycles. The Labute approximate surface area is 175 Å². The molecule has 1 aromatic carbocycles. The second-order valence-electron chi connectivity index (χ2n) is 8.02. The van der Waals surface area contributed by atoms with Gasteiger partial charge in [0.2, 0.25) is 5.91 Å². The van der Waals surface area contributed by atoms with Gasteiger partial charge in [-0.15, -0.1) is 0 Å². The van der Waals surface area contributed by atoms with Crippen LogP contribution in [0.15, 0.2) is 48.7 Å². The van der Waals surface area contributed by atoms with Gasteiger partial charge in [-0.2, -0.15) is 0 Å². The lowest BCUT2D eigenvalue weighted by Crippen LogP contribution is -2.30. The van der Waals surface area contributed by atoms with Crippen molar-refractivity contribution in [1.29, 1.82) is 0 Å². The Hall–Kier alpha value is -2.87. The smallest absolute Gasteiger partial charge is 0.228 e. The molecule has 5 rings (SSSR count). The summed E-state index contributed by atoms with van der Waals surface area (Å²) in [5.74, 6) is 1.85. The molecule has 0 radical (unpaired) electrons. The molecule has 3 aromatic rings. The zero-order chi connectivity index (χ0) is 20.7. The van der Waals surface area contributed by atoms with E-state index in [1.807, 2.05) is 53.1 Å². The Morgan fingerprint density at radius 3 is 2.47 bits per heavy atom. The van der Waals surface area contributed by atoms with Gasteiger partial charge >= 0.3 is 0 Å². The number of aromatic nitrogens is 2. The Kier molecular flexibility index (Phi) is 4.73. The summed E-state index contributed by atoms with van der Waals surface area (Å²) < 4.78 is 31.1. The van der Waals surface area contributed by atoms with Crippen molar-refractivity contribution in [3.8, 4) is 17.0 Å². The molecule has 1 N–H and O–H groups in total. The lowest BCUT2D eigenvalue weighted by molar-refractivity contribution is -0.117. The van der Waals surface area contributed by atoms with E-state index in [2.05, 4.69) is 10.3 Å². The van der Waals surface area contributed by atoms with Crippen LogP contribution in [0.2, 0.25) is 0 Å². The van der Waals surface area contributed by atoms with Crippen LogP contribution in [0.3, 0.4) is 0 Å². The average molecular weight is 426 g/mol. The van der Waals surface area contributed by atoms with Crippen molar-refractivity contribution >= 4 is 27.2 Å². The number of benzene rings is 1. The van der Waals surface area contributed by atoms with Gasteiger partial charge in [-0.1, -0.05) is 6.07 Å². The molecule has 2 aromatic heterocycles. The fraction of sp³-hybridized carbons (Fsp3) is 0.364. The standard InChI is InChI=1S/C22H23N3O4S/c26-22(16-4-5-16)24-20-14-25-19(2-1-3-21(25)23-20)15-6-8-17(9-7-15)29-18-10-12-30(27,28)13-11-18/h1-3,6-9,14,16,18H,4-5,10-13H2,(H,24,26). The molecule has 0 unspecified atom stereocenters. The number of fused-ring (bicyclic) bond motifs is 1. The second kappa shape index (κ2) is 7.43. The van der Waals surface area contributed by atoms with Gasteiger partial charge in [-0.25, -0.2) is 13.4 Å². The first-order valence-electron chi connectivity index (χ1n) is 10.2. The van der Waals surface area contributed by atoms with Gasteiger partial charge in [0.25, 0.3) is 0 Å². The van der Waals surface area contributed by atoms with Gasteiger partial charge in [0.15, 0.2) is 15.7 Å². The monoisotopic (exact) mass is 425 g/mol. The molecular formula is C22H23N3O4S. The molecule has 0 spiro atoms. The molecule has 2 aliphatic rings. The lowest BCUT2D eigenvalue weighted by atomic mass is 10.1. The summed E-state index contributed by atoms with van der Waals surface area (Å²) in [6.45, 7) is 0. The number of hydrogen-bond donors (Lipinski definition) is 1. The molecule has 1 saturated heterocycles. The topological polar surface area (TPSA) is 89.8 Å². The number of imidazole rings is 1. The number of nitrogens with zero attached hydrogens (tertiary/aromatic N) is 2. The Balaban J connectivity index is 1.33. The molecule has 1 aliphatic carbocycles. The molecule has 8 heteroatoms. The molecule has 2 fully saturated rings. The maximum absolute atomic E-state index is 12.0. The molecule has 7 nitrogen and oxygen atoms in total. The summed E-state index contributed by atoms with van der Waals surface area (Å²) in [7, 11) is -2.89. The van der Waals surface area contributed by atoms with Crippen LogP contribution in [-0.4, -0.2) is 41.3 Å². The maximum atomic E-state index is 12.0. The third kappa shape index (κ3) is 4.05. The van der Waals surface area contributed by atoms with E-state index in [0.717, 1.165) is 35.5 Å². The number of anilines is 1. The van der Waals surface area contributed by atoms with Crippen molar-refractivity contribution in [3.63, 3.8) is 0 Å². The van der Waals surface area contributed by atoms with Crippen LogP contribution in [0.1, 0.15) is 25.7 Å². The molecule has 0 bridgehead atoms. The minimum absolute atomic E-state index is 0.0389. The first-order chi connectivity index (χ1) is 14.5. The zero-order valence-electron chi connectivity index (χ0n) is 16.5. The van der Waals surface area contributed by atoms with Gasteiger partial charge in [0.1, 0.15) is 17.5 Å². The number of carbonyl (C=O) groups is 1. The van der Waals surface area contributed by atoms with E-state index in [1.165, 1.54) is 0 Å². The molecule has 1 aliphatic heterocycles. The number of sulfone groups is 1. The summed E-state index contributed by atoms with van der Waals surface area (Å²) in [6, 6.07) is 13.6. The number of hydrogen-bond acceptors (Lipinski definition) is 5. The third-order valence-corrected chi connectivity index (χ3v) is 7.36. The van der Waals surface area contributed by atoms with Crippen LogP contribution < -0.4 is 10.1 Å². The van der Waals surface area contributed by atoms with Gasteiger partial charge in [-0.05, 0) is 67.6 Å². The highest BCUT2D eigenvalue weighted by Crippen LogP contribution is 2.31. The number of carbonyl (C=O) groups excluding carboxylic acids is 1. The van der Waals surface area contributed by atoms with Crippen molar-refractivity contribution in [3.05, 3.63) is 48.7 Å². The minimum Gasteiger partial charge on any atom is -0.490 e. The average Bonchev–Trinajstić information content (AvgIpc) is 3.50. The highest BCUT2D eigenvalue weighted by molar-refractivity contribution is 7.91. The first-order valence-corrected chi connectivity index (χ1v) is 12.1. The highest BCUT2D eigenvalue weighted by Gasteiger charge is 2.30. The molecule has 1 saturated carbocycles. The van der Waals surface area contributed by atoms with Gasteiger partial charge < -0.3 is 10.1 Å². The SMILES string of the molecule is O=C(Nc1cn2c(-c3ccc(OC4CCS(=O)(=O)CC4)cc3)cccc2n1)C1CC1. The van der Waals surface area contributed by atoms with E-state index in [0.29, 0.717) is 18.7 Å². The predicted molar refractivity (Wildman–Crippen MR) is 114 cm³/mol. The number of ether oxygens (including phenoxy) is 1. The van der Waals surface area contributed by atoms with Crippen molar-refractivity contribution < 1.29 is 17.9 Å². The van der Waals surface area contributed by atoms with Crippen molar-refractivity contribution in [2.24, 2.45) is 5.92 Å². The summed E-state index contributed by atoms with van der Waals surface area (Å²) in [4.78, 5) is 16.5. The summed E-state index contributed by atoms with van der Waals surface area (Å²) >= 11 is 0. The van der Waals surface area contributed by atoms with Crippen molar-refractivity contribution in [2.45, 2.75) is 31.8 Å². The van der Waals surface area contributed by atoms with Crippen molar-refractivity contribution in [2.75, 3.05) is 16.8 Å². The fourth-order valence-electron chi connectivity index (χ4n) is 3.76. The first kappa shape index (κ1) is 19.1. The van der Waals surface area contributed by atoms with Crippen LogP contribution in [0.4, 0.5) is 5.82 Å². The third-order valence-electron chi connectivity index (χ3n) is 5.65. The van der Waals surface area contributed by atoms with Crippen LogP contribution >= 0.6 is 0 Å². The number of pyridine rings is 1. The van der Waals surface area contributed by atoms with E-state index in [9.17, 15) is 13.2 Å². The van der Waals surface area contributed by atoms with E-state index in [1.54, 1.807) is 0 Å². The van der Waals surface area contributed by atoms with Crippen molar-refractivity contribution in [1.82, 2.24) is 9.38 Å². The van der Waals surface area contributed by atoms with E-state index in [-0.39, 0.29) is 29.4 Å². The Bertz CT molecular complexity index is 1180. The summed E-state index contributed by atoms with van der Waals surface area (Å²) in [5, 5.41) is 2.90. The molecular weight excluding hydrogens is 402 g/mol. The Morgan fingerprint density at radius 2 is 1.77 bits per heavy atom. The van der Waals surface area contributed by atoms with E-state index < -0.39 is 9.84 Å². The second-order valence-corrected chi connectivity index (χ2v) is 10.3.